The Labute approximate surface area is 119 Å². The van der Waals surface area contributed by atoms with E-state index in [-0.39, 0.29) is 15.4 Å². The van der Waals surface area contributed by atoms with Crippen molar-refractivity contribution in [1.82, 2.24) is 0 Å². The van der Waals surface area contributed by atoms with Crippen LogP contribution in [-0.4, -0.2) is 22.5 Å². The summed E-state index contributed by atoms with van der Waals surface area (Å²) in [6.45, 7) is 7.04. The molecule has 4 nitrogen and oxygen atoms in total. The van der Waals surface area contributed by atoms with Crippen molar-refractivity contribution < 1.29 is 4.92 Å². The molecular formula is C14H22N2O2S. The zero-order chi connectivity index (χ0) is 14.5. The van der Waals surface area contributed by atoms with E-state index in [1.54, 1.807) is 19.1 Å². The minimum absolute atomic E-state index is 0.174. The van der Waals surface area contributed by atoms with E-state index in [1.807, 2.05) is 17.8 Å². The summed E-state index contributed by atoms with van der Waals surface area (Å²) < 4.78 is 0.232. The van der Waals surface area contributed by atoms with E-state index in [1.165, 1.54) is 0 Å². The first-order chi connectivity index (χ1) is 8.98. The van der Waals surface area contributed by atoms with Crippen LogP contribution in [0.15, 0.2) is 18.2 Å². The van der Waals surface area contributed by atoms with Gasteiger partial charge in [-0.05, 0) is 38.2 Å². The fourth-order valence-electron chi connectivity index (χ4n) is 2.09. The predicted octanol–water partition coefficient (Wildman–Crippen LogP) is 4.24. The van der Waals surface area contributed by atoms with Crippen LogP contribution in [0.2, 0.25) is 0 Å². The highest BCUT2D eigenvalue weighted by molar-refractivity contribution is 8.00. The van der Waals surface area contributed by atoms with Gasteiger partial charge in [-0.3, -0.25) is 10.1 Å². The lowest BCUT2D eigenvalue weighted by Crippen LogP contribution is -2.31. The first kappa shape index (κ1) is 15.8. The van der Waals surface area contributed by atoms with Crippen molar-refractivity contribution in [2.75, 3.05) is 18.1 Å². The van der Waals surface area contributed by atoms with Crippen LogP contribution in [0.1, 0.15) is 32.3 Å². The zero-order valence-electron chi connectivity index (χ0n) is 12.0. The summed E-state index contributed by atoms with van der Waals surface area (Å²) in [5.41, 5.74) is 1.81. The van der Waals surface area contributed by atoms with Gasteiger partial charge in [0.05, 0.1) is 4.92 Å². The Morgan fingerprint density at radius 1 is 1.37 bits per heavy atom. The van der Waals surface area contributed by atoms with Crippen LogP contribution in [0.25, 0.3) is 0 Å². The number of nitrogens with zero attached hydrogens (tertiary/aromatic N) is 1. The summed E-state index contributed by atoms with van der Waals surface area (Å²) in [6, 6.07) is 5.19. The molecule has 0 aliphatic carbocycles. The molecule has 0 saturated carbocycles. The van der Waals surface area contributed by atoms with Crippen molar-refractivity contribution in [3.8, 4) is 0 Å². The summed E-state index contributed by atoms with van der Waals surface area (Å²) >= 11 is 1.88. The van der Waals surface area contributed by atoms with Crippen molar-refractivity contribution in [3.05, 3.63) is 33.9 Å². The number of hydrogen-bond acceptors (Lipinski definition) is 4. The van der Waals surface area contributed by atoms with Crippen LogP contribution in [0.3, 0.4) is 0 Å². The minimum Gasteiger partial charge on any atom is -0.384 e. The van der Waals surface area contributed by atoms with Gasteiger partial charge in [0.2, 0.25) is 0 Å². The lowest BCUT2D eigenvalue weighted by atomic mass is 10.0. The second kappa shape index (κ2) is 6.80. The summed E-state index contributed by atoms with van der Waals surface area (Å²) in [4.78, 5) is 10.4. The monoisotopic (exact) mass is 282 g/mol. The second-order valence-corrected chi connectivity index (χ2v) is 5.98. The number of hydrogen-bond donors (Lipinski definition) is 1. The first-order valence-corrected chi connectivity index (χ1v) is 7.74. The molecule has 0 saturated heterocycles. The lowest BCUT2D eigenvalue weighted by Gasteiger charge is -2.30. The number of aryl methyl sites for hydroxylation is 1. The third kappa shape index (κ3) is 3.86. The van der Waals surface area contributed by atoms with E-state index in [0.717, 1.165) is 25.1 Å². The summed E-state index contributed by atoms with van der Waals surface area (Å²) in [5, 5.41) is 14.2. The van der Waals surface area contributed by atoms with E-state index in [9.17, 15) is 10.1 Å². The van der Waals surface area contributed by atoms with Gasteiger partial charge in [0.1, 0.15) is 0 Å². The molecule has 0 aliphatic rings. The van der Waals surface area contributed by atoms with Crippen molar-refractivity contribution >= 4 is 23.1 Å². The highest BCUT2D eigenvalue weighted by Crippen LogP contribution is 2.31. The molecule has 0 fully saturated rings. The largest absolute Gasteiger partial charge is 0.384 e. The van der Waals surface area contributed by atoms with Crippen LogP contribution < -0.4 is 5.32 Å². The SMILES string of the molecule is CCC(CC)(CNc1ccc([N+](=O)[O-])c(C)c1)SC. The van der Waals surface area contributed by atoms with E-state index in [0.29, 0.717) is 5.56 Å². The van der Waals surface area contributed by atoms with Gasteiger partial charge in [-0.1, -0.05) is 13.8 Å². The highest BCUT2D eigenvalue weighted by Gasteiger charge is 2.24. The Bertz CT molecular complexity index is 437. The quantitative estimate of drug-likeness (QED) is 0.600. The second-order valence-electron chi connectivity index (χ2n) is 4.71. The average Bonchev–Trinajstić information content (AvgIpc) is 2.40. The molecular weight excluding hydrogens is 260 g/mol. The van der Waals surface area contributed by atoms with Crippen molar-refractivity contribution in [1.29, 1.82) is 0 Å². The number of benzene rings is 1. The molecule has 0 aromatic heterocycles. The predicted molar refractivity (Wildman–Crippen MR) is 83.2 cm³/mol. The van der Waals surface area contributed by atoms with Crippen molar-refractivity contribution in [2.24, 2.45) is 0 Å². The molecule has 1 rings (SSSR count). The van der Waals surface area contributed by atoms with Gasteiger partial charge in [-0.15, -0.1) is 0 Å². The standard InChI is InChI=1S/C14H22N2O2S/c1-5-14(6-2,19-4)10-15-12-7-8-13(16(17)18)11(3)9-12/h7-9,15H,5-6,10H2,1-4H3. The summed E-state index contributed by atoms with van der Waals surface area (Å²) in [6.07, 6.45) is 4.34. The van der Waals surface area contributed by atoms with Crippen molar-refractivity contribution in [3.63, 3.8) is 0 Å². The van der Waals surface area contributed by atoms with Crippen LogP contribution >= 0.6 is 11.8 Å². The molecule has 0 heterocycles. The average molecular weight is 282 g/mol. The smallest absolute Gasteiger partial charge is 0.272 e. The molecule has 106 valence electrons. The number of anilines is 1. The van der Waals surface area contributed by atoms with Gasteiger partial charge >= 0.3 is 0 Å². The molecule has 0 unspecified atom stereocenters. The lowest BCUT2D eigenvalue weighted by molar-refractivity contribution is -0.385. The molecule has 1 aromatic rings. The molecule has 1 aromatic carbocycles. The molecule has 0 aliphatic heterocycles. The number of nitrogens with one attached hydrogen (secondary N) is 1. The Balaban J connectivity index is 2.78. The van der Waals surface area contributed by atoms with Gasteiger partial charge < -0.3 is 5.32 Å². The molecule has 1 N–H and O–H groups in total. The summed E-state index contributed by atoms with van der Waals surface area (Å²) in [7, 11) is 0. The molecule has 19 heavy (non-hydrogen) atoms. The summed E-state index contributed by atoms with van der Waals surface area (Å²) in [5.74, 6) is 0. The number of nitro benzene ring substituents is 1. The van der Waals surface area contributed by atoms with Gasteiger partial charge in [-0.25, -0.2) is 0 Å². The van der Waals surface area contributed by atoms with E-state index in [2.05, 4.69) is 25.4 Å². The maximum atomic E-state index is 10.8. The third-order valence-electron chi connectivity index (χ3n) is 3.73. The zero-order valence-corrected chi connectivity index (χ0v) is 12.8. The van der Waals surface area contributed by atoms with Crippen LogP contribution in [0.5, 0.6) is 0 Å². The first-order valence-electron chi connectivity index (χ1n) is 6.52. The maximum Gasteiger partial charge on any atom is 0.272 e. The number of rotatable bonds is 7. The number of nitro groups is 1. The molecule has 5 heteroatoms. The normalized spacial score (nSPS) is 11.4. The van der Waals surface area contributed by atoms with E-state index >= 15 is 0 Å². The Kier molecular flexibility index (Phi) is 5.66. The van der Waals surface area contributed by atoms with Gasteiger partial charge in [0.25, 0.3) is 5.69 Å². The Morgan fingerprint density at radius 2 is 2.00 bits per heavy atom. The van der Waals surface area contributed by atoms with E-state index in [4.69, 9.17) is 0 Å². The van der Waals surface area contributed by atoms with Crippen LogP contribution in [0, 0.1) is 17.0 Å². The Hall–Kier alpha value is -1.23. The maximum absolute atomic E-state index is 10.8. The molecule has 0 atom stereocenters. The highest BCUT2D eigenvalue weighted by atomic mass is 32.2. The van der Waals surface area contributed by atoms with Crippen LogP contribution in [-0.2, 0) is 0 Å². The molecule has 0 amide bonds. The van der Waals surface area contributed by atoms with Gasteiger partial charge in [-0.2, -0.15) is 11.8 Å². The van der Waals surface area contributed by atoms with Crippen LogP contribution in [0.4, 0.5) is 11.4 Å². The fourth-order valence-corrected chi connectivity index (χ4v) is 2.89. The minimum atomic E-state index is -0.344. The fraction of sp³-hybridized carbons (Fsp3) is 0.571. The van der Waals surface area contributed by atoms with E-state index < -0.39 is 0 Å². The van der Waals surface area contributed by atoms with Crippen molar-refractivity contribution in [2.45, 2.75) is 38.4 Å². The number of thioether (sulfide) groups is 1. The third-order valence-corrected chi connectivity index (χ3v) is 5.32. The molecule has 0 radical (unpaired) electrons. The molecule has 0 spiro atoms. The molecule has 0 bridgehead atoms. The van der Waals surface area contributed by atoms with Gasteiger partial charge in [0.15, 0.2) is 0 Å². The topological polar surface area (TPSA) is 55.2 Å². The van der Waals surface area contributed by atoms with Gasteiger partial charge in [0, 0.05) is 28.6 Å². The Morgan fingerprint density at radius 3 is 2.42 bits per heavy atom.